The first-order chi connectivity index (χ1) is 7.68. The molecule has 0 aromatic carbocycles. The molecule has 3 N–H and O–H groups in total. The van der Waals surface area contributed by atoms with Gasteiger partial charge >= 0.3 is 0 Å². The summed E-state index contributed by atoms with van der Waals surface area (Å²) in [5.41, 5.74) is 5.53. The Hall–Kier alpha value is -0.120. The molecule has 1 aliphatic rings. The van der Waals surface area contributed by atoms with E-state index in [0.717, 1.165) is 12.8 Å². The normalized spacial score (nSPS) is 23.6. The summed E-state index contributed by atoms with van der Waals surface area (Å²) in [4.78, 5) is 0. The average Bonchev–Trinajstić information content (AvgIpc) is 2.19. The zero-order chi connectivity index (χ0) is 13.2. The van der Waals surface area contributed by atoms with E-state index in [-0.39, 0.29) is 5.60 Å². The van der Waals surface area contributed by atoms with Crippen LogP contribution in [0, 0.1) is 5.41 Å². The molecule has 1 fully saturated rings. The number of aliphatic hydroxyl groups is 1. The Balaban J connectivity index is 2.43. The smallest absolute Gasteiger partial charge is 0.0804 e. The minimum absolute atomic E-state index is 0.138. The van der Waals surface area contributed by atoms with Gasteiger partial charge in [-0.1, -0.05) is 13.8 Å². The van der Waals surface area contributed by atoms with Crippen LogP contribution in [0.3, 0.4) is 0 Å². The third-order valence-corrected chi connectivity index (χ3v) is 4.01. The summed E-state index contributed by atoms with van der Waals surface area (Å²) < 4.78 is 6.00. The van der Waals surface area contributed by atoms with E-state index in [1.54, 1.807) is 0 Å². The monoisotopic (exact) mass is 243 g/mol. The molecule has 3 nitrogen and oxygen atoms in total. The summed E-state index contributed by atoms with van der Waals surface area (Å²) in [5.74, 6) is 0. The van der Waals surface area contributed by atoms with Crippen LogP contribution < -0.4 is 5.73 Å². The van der Waals surface area contributed by atoms with Crippen LogP contribution in [0.2, 0.25) is 0 Å². The Labute approximate surface area is 106 Å². The largest absolute Gasteiger partial charge is 0.390 e. The van der Waals surface area contributed by atoms with E-state index in [9.17, 15) is 5.11 Å². The molecule has 0 unspecified atom stereocenters. The van der Waals surface area contributed by atoms with Crippen LogP contribution in [0.4, 0.5) is 0 Å². The maximum absolute atomic E-state index is 9.68. The fraction of sp³-hybridized carbons (Fsp3) is 1.00. The maximum Gasteiger partial charge on any atom is 0.0804 e. The van der Waals surface area contributed by atoms with Crippen molar-refractivity contribution in [2.75, 3.05) is 13.2 Å². The van der Waals surface area contributed by atoms with Gasteiger partial charge < -0.3 is 15.6 Å². The van der Waals surface area contributed by atoms with Gasteiger partial charge in [-0.3, -0.25) is 0 Å². The van der Waals surface area contributed by atoms with Gasteiger partial charge in [-0.2, -0.15) is 0 Å². The van der Waals surface area contributed by atoms with Gasteiger partial charge in [-0.15, -0.1) is 0 Å². The van der Waals surface area contributed by atoms with Crippen molar-refractivity contribution in [1.82, 2.24) is 0 Å². The van der Waals surface area contributed by atoms with Crippen LogP contribution >= 0.6 is 0 Å². The molecule has 0 aromatic heterocycles. The molecule has 0 amide bonds. The number of hydrogen-bond acceptors (Lipinski definition) is 3. The maximum atomic E-state index is 9.68. The molecule has 0 atom stereocenters. The summed E-state index contributed by atoms with van der Waals surface area (Å²) in [6, 6.07) is 0. The molecule has 102 valence electrons. The van der Waals surface area contributed by atoms with Crippen molar-refractivity contribution in [3.05, 3.63) is 0 Å². The lowest BCUT2D eigenvalue weighted by molar-refractivity contribution is -0.0950. The summed E-state index contributed by atoms with van der Waals surface area (Å²) >= 11 is 0. The van der Waals surface area contributed by atoms with E-state index < -0.39 is 5.60 Å². The quantitative estimate of drug-likeness (QED) is 0.780. The Morgan fingerprint density at radius 3 is 2.12 bits per heavy atom. The SMILES string of the molecule is CC(C)(O)CCOC1(CN)CCC(C)(C)CC1. The molecule has 0 radical (unpaired) electrons. The zero-order valence-electron chi connectivity index (χ0n) is 11.9. The van der Waals surface area contributed by atoms with Crippen molar-refractivity contribution in [2.24, 2.45) is 11.1 Å². The third kappa shape index (κ3) is 4.94. The van der Waals surface area contributed by atoms with Crippen LogP contribution in [0.25, 0.3) is 0 Å². The first kappa shape index (κ1) is 14.9. The standard InChI is InChI=1S/C14H29NO2/c1-12(2)5-7-14(11-15,8-6-12)17-10-9-13(3,4)16/h16H,5-11,15H2,1-4H3. The Morgan fingerprint density at radius 2 is 1.71 bits per heavy atom. The molecule has 0 aliphatic heterocycles. The van der Waals surface area contributed by atoms with Crippen LogP contribution in [0.1, 0.15) is 59.8 Å². The summed E-state index contributed by atoms with van der Waals surface area (Å²) in [6.45, 7) is 9.44. The van der Waals surface area contributed by atoms with E-state index in [1.807, 2.05) is 13.8 Å². The van der Waals surface area contributed by atoms with Crippen molar-refractivity contribution in [1.29, 1.82) is 0 Å². The molecule has 1 saturated carbocycles. The average molecular weight is 243 g/mol. The minimum Gasteiger partial charge on any atom is -0.390 e. The van der Waals surface area contributed by atoms with Crippen molar-refractivity contribution >= 4 is 0 Å². The Kier molecular flexibility index (Phi) is 4.61. The highest BCUT2D eigenvalue weighted by atomic mass is 16.5. The van der Waals surface area contributed by atoms with Gasteiger partial charge in [0.1, 0.15) is 0 Å². The van der Waals surface area contributed by atoms with Crippen molar-refractivity contribution in [3.63, 3.8) is 0 Å². The molecule has 0 heterocycles. The molecule has 17 heavy (non-hydrogen) atoms. The van der Waals surface area contributed by atoms with Crippen molar-refractivity contribution in [3.8, 4) is 0 Å². The van der Waals surface area contributed by atoms with E-state index in [4.69, 9.17) is 10.5 Å². The predicted molar refractivity (Wildman–Crippen MR) is 70.9 cm³/mol. The molecule has 1 aliphatic carbocycles. The van der Waals surface area contributed by atoms with E-state index >= 15 is 0 Å². The molecule has 0 bridgehead atoms. The van der Waals surface area contributed by atoms with E-state index in [2.05, 4.69) is 13.8 Å². The van der Waals surface area contributed by atoms with Crippen LogP contribution in [0.15, 0.2) is 0 Å². The van der Waals surface area contributed by atoms with Crippen LogP contribution in [-0.4, -0.2) is 29.5 Å². The van der Waals surface area contributed by atoms with Gasteiger partial charge in [-0.25, -0.2) is 0 Å². The van der Waals surface area contributed by atoms with Gasteiger partial charge in [0.25, 0.3) is 0 Å². The number of rotatable bonds is 5. The second kappa shape index (κ2) is 5.25. The molecule has 0 spiro atoms. The second-order valence-corrected chi connectivity index (χ2v) is 6.96. The zero-order valence-corrected chi connectivity index (χ0v) is 11.9. The van der Waals surface area contributed by atoms with Crippen LogP contribution in [-0.2, 0) is 4.74 Å². The lowest BCUT2D eigenvalue weighted by Crippen LogP contribution is -2.46. The lowest BCUT2D eigenvalue weighted by Gasteiger charge is -2.43. The summed E-state index contributed by atoms with van der Waals surface area (Å²) in [6.07, 6.45) is 5.10. The minimum atomic E-state index is -0.649. The molecular formula is C14H29NO2. The Morgan fingerprint density at radius 1 is 1.18 bits per heavy atom. The molecule has 0 aromatic rings. The van der Waals surface area contributed by atoms with Gasteiger partial charge in [0.15, 0.2) is 0 Å². The predicted octanol–water partition coefficient (Wildman–Crippen LogP) is 2.46. The van der Waals surface area contributed by atoms with E-state index in [1.165, 1.54) is 12.8 Å². The highest BCUT2D eigenvalue weighted by molar-refractivity contribution is 4.91. The summed E-state index contributed by atoms with van der Waals surface area (Å²) in [7, 11) is 0. The molecule has 1 rings (SSSR count). The van der Waals surface area contributed by atoms with Crippen LogP contribution in [0.5, 0.6) is 0 Å². The molecule has 3 heteroatoms. The summed E-state index contributed by atoms with van der Waals surface area (Å²) in [5, 5.41) is 9.68. The lowest BCUT2D eigenvalue weighted by atomic mass is 9.71. The second-order valence-electron chi connectivity index (χ2n) is 6.96. The number of hydrogen-bond donors (Lipinski definition) is 2. The van der Waals surface area contributed by atoms with Crippen molar-refractivity contribution < 1.29 is 9.84 Å². The van der Waals surface area contributed by atoms with E-state index in [0.29, 0.717) is 25.0 Å². The highest BCUT2D eigenvalue weighted by Gasteiger charge is 2.38. The Bertz CT molecular complexity index is 233. The number of ether oxygens (including phenoxy) is 1. The van der Waals surface area contributed by atoms with Gasteiger partial charge in [0.2, 0.25) is 0 Å². The van der Waals surface area contributed by atoms with Crippen molar-refractivity contribution in [2.45, 2.75) is 71.0 Å². The van der Waals surface area contributed by atoms with Gasteiger partial charge in [0, 0.05) is 6.54 Å². The molecular weight excluding hydrogens is 214 g/mol. The fourth-order valence-electron chi connectivity index (χ4n) is 2.31. The fourth-order valence-corrected chi connectivity index (χ4v) is 2.31. The van der Waals surface area contributed by atoms with Gasteiger partial charge in [0.05, 0.1) is 17.8 Å². The van der Waals surface area contributed by atoms with Gasteiger partial charge in [-0.05, 0) is 51.4 Å². The third-order valence-electron chi connectivity index (χ3n) is 4.01. The first-order valence-corrected chi connectivity index (χ1v) is 6.75. The topological polar surface area (TPSA) is 55.5 Å². The molecule has 0 saturated heterocycles. The number of nitrogens with two attached hydrogens (primary N) is 1. The first-order valence-electron chi connectivity index (χ1n) is 6.75. The highest BCUT2D eigenvalue weighted by Crippen LogP contribution is 2.41.